The molecule has 0 atom stereocenters. The second-order valence-corrected chi connectivity index (χ2v) is 10.9. The zero-order valence-electron chi connectivity index (χ0n) is 15.1. The van der Waals surface area contributed by atoms with E-state index in [9.17, 15) is 0 Å². The molecule has 0 aromatic heterocycles. The minimum atomic E-state index is 0.294. The first-order valence-corrected chi connectivity index (χ1v) is 10.4. The van der Waals surface area contributed by atoms with E-state index < -0.39 is 0 Å². The van der Waals surface area contributed by atoms with Crippen molar-refractivity contribution >= 4 is 8.30 Å². The van der Waals surface area contributed by atoms with E-state index in [0.717, 1.165) is 6.42 Å². The van der Waals surface area contributed by atoms with Crippen molar-refractivity contribution in [1.82, 2.24) is 0 Å². The molecule has 0 radical (unpaired) electrons. The van der Waals surface area contributed by atoms with Crippen molar-refractivity contribution in [1.29, 1.82) is 0 Å². The number of hydrogen-bond donors (Lipinski definition) is 0. The van der Waals surface area contributed by atoms with Gasteiger partial charge in [0, 0.05) is 0 Å². The van der Waals surface area contributed by atoms with Crippen LogP contribution in [0.3, 0.4) is 0 Å². The summed E-state index contributed by atoms with van der Waals surface area (Å²) in [6.07, 6.45) is 6.77. The summed E-state index contributed by atoms with van der Waals surface area (Å²) in [6, 6.07) is 0. The van der Waals surface area contributed by atoms with E-state index in [0.29, 0.717) is 16.2 Å². The van der Waals surface area contributed by atoms with Crippen molar-refractivity contribution in [2.75, 3.05) is 0 Å². The van der Waals surface area contributed by atoms with Crippen molar-refractivity contribution < 1.29 is 38.7 Å². The van der Waals surface area contributed by atoms with Gasteiger partial charge in [-0.05, 0) is 0 Å². The molecule has 0 unspecified atom stereocenters. The standard InChI is InChI=1S/C14H21.C5H9.2W/c1-13(2,3)10-11-7-8-12(9-11)14(4,5)6;1-5(2,3)4;;/h8H,9H2,1-6H3;1-3H3;;/q2*-1;;. The molecule has 0 fully saturated rings. The van der Waals surface area contributed by atoms with Gasteiger partial charge < -0.3 is 0 Å². The van der Waals surface area contributed by atoms with Crippen molar-refractivity contribution in [2.24, 2.45) is 16.2 Å². The van der Waals surface area contributed by atoms with Crippen molar-refractivity contribution in [3.05, 3.63) is 23.3 Å². The molecule has 0 aromatic carbocycles. The first-order chi connectivity index (χ1) is 9.18. The Labute approximate surface area is 154 Å². The van der Waals surface area contributed by atoms with Gasteiger partial charge in [-0.1, -0.05) is 0 Å². The Morgan fingerprint density at radius 3 is 1.71 bits per heavy atom. The molecule has 1 aliphatic carbocycles. The van der Waals surface area contributed by atoms with Crippen LogP contribution in [0.5, 0.6) is 0 Å². The maximum atomic E-state index is 3.46. The minimum absolute atomic E-state index is 0.294. The number of allylic oxidation sites excluding steroid dienone is 4. The third-order valence-corrected chi connectivity index (χ3v) is 8.30. The zero-order valence-corrected chi connectivity index (χ0v) is 21.0. The van der Waals surface area contributed by atoms with E-state index in [1.165, 1.54) is 30.5 Å². The monoisotopic (exact) mass is 626 g/mol. The van der Waals surface area contributed by atoms with Crippen molar-refractivity contribution in [3.8, 4) is 0 Å². The summed E-state index contributed by atoms with van der Waals surface area (Å²) in [5.74, 6) is 0. The molecular formula is C19H30W2-2. The van der Waals surface area contributed by atoms with Crippen LogP contribution in [0.4, 0.5) is 0 Å². The average Bonchev–Trinajstić information content (AvgIpc) is 2.75. The fourth-order valence-corrected chi connectivity index (χ4v) is 2.02. The van der Waals surface area contributed by atoms with E-state index >= 15 is 0 Å². The summed E-state index contributed by atoms with van der Waals surface area (Å²) in [6.45, 7) is 20.2. The zero-order chi connectivity index (χ0) is 17.1. The van der Waals surface area contributed by atoms with Gasteiger partial charge in [0.1, 0.15) is 0 Å². The van der Waals surface area contributed by atoms with Crippen molar-refractivity contribution in [2.45, 2.75) is 68.7 Å². The molecule has 0 amide bonds. The first kappa shape index (κ1) is 21.6. The van der Waals surface area contributed by atoms with Crippen molar-refractivity contribution in [3.63, 3.8) is 0 Å². The molecule has 2 heteroatoms. The molecule has 0 nitrogen and oxygen atoms in total. The Balaban J connectivity index is 0.000000567. The molecule has 120 valence electrons. The quantitative estimate of drug-likeness (QED) is 0.355. The van der Waals surface area contributed by atoms with Gasteiger partial charge in [0.25, 0.3) is 0 Å². The summed E-state index contributed by atoms with van der Waals surface area (Å²) in [4.78, 5) is 0. The molecule has 1 aliphatic rings. The van der Waals surface area contributed by atoms with Crippen LogP contribution in [0.25, 0.3) is 0 Å². The molecule has 0 N–H and O–H groups in total. The molecule has 1 rings (SSSR count). The predicted molar refractivity (Wildman–Crippen MR) is 87.8 cm³/mol. The van der Waals surface area contributed by atoms with Crippen LogP contribution in [0.1, 0.15) is 68.7 Å². The number of rotatable bonds is 1. The summed E-state index contributed by atoms with van der Waals surface area (Å²) in [7, 11) is 0. The molecule has 0 saturated heterocycles. The SMILES string of the molecule is CC(C)(C)[C-]=[W].CC(C)(C)[C](=[W])C1=[C-]C=C(C(C)(C)C)C1. The summed E-state index contributed by atoms with van der Waals surface area (Å²) >= 11 is 3.03. The maximum absolute atomic E-state index is 3.46. The molecule has 0 aromatic rings. The topological polar surface area (TPSA) is 0 Å². The van der Waals surface area contributed by atoms with Crippen LogP contribution in [0, 0.1) is 22.3 Å². The van der Waals surface area contributed by atoms with E-state index in [1.807, 2.05) is 0 Å². The molecule has 0 spiro atoms. The van der Waals surface area contributed by atoms with Crippen LogP contribution in [0.15, 0.2) is 17.2 Å². The van der Waals surface area contributed by atoms with Crippen LogP contribution in [0.2, 0.25) is 0 Å². The normalized spacial score (nSPS) is 15.7. The fourth-order valence-electron chi connectivity index (χ4n) is 1.55. The Morgan fingerprint density at radius 2 is 1.48 bits per heavy atom. The van der Waals surface area contributed by atoms with E-state index in [2.05, 4.69) is 78.9 Å². The van der Waals surface area contributed by atoms with Gasteiger partial charge in [-0.15, -0.1) is 0 Å². The first-order valence-electron chi connectivity index (χ1n) is 7.44. The van der Waals surface area contributed by atoms with Gasteiger partial charge >= 0.3 is 155 Å². The summed E-state index contributed by atoms with van der Waals surface area (Å²) in [5.41, 5.74) is 3.87. The van der Waals surface area contributed by atoms with Gasteiger partial charge in [-0.25, -0.2) is 0 Å². The van der Waals surface area contributed by atoms with Crippen LogP contribution >= 0.6 is 0 Å². The second-order valence-electron chi connectivity index (χ2n) is 8.65. The van der Waals surface area contributed by atoms with E-state index in [1.54, 1.807) is 23.3 Å². The Morgan fingerprint density at radius 1 is 1.05 bits per heavy atom. The van der Waals surface area contributed by atoms with E-state index in [-0.39, 0.29) is 0 Å². The van der Waals surface area contributed by atoms with Gasteiger partial charge in [0.15, 0.2) is 0 Å². The van der Waals surface area contributed by atoms with Gasteiger partial charge in [-0.2, -0.15) is 0 Å². The van der Waals surface area contributed by atoms with E-state index in [4.69, 9.17) is 0 Å². The molecule has 0 heterocycles. The molecular weight excluding hydrogens is 596 g/mol. The third-order valence-electron chi connectivity index (χ3n) is 3.01. The Hall–Kier alpha value is 0.597. The van der Waals surface area contributed by atoms with Gasteiger partial charge in [0.05, 0.1) is 0 Å². The predicted octanol–water partition coefficient (Wildman–Crippen LogP) is 5.12. The molecule has 0 aliphatic heterocycles. The molecule has 21 heavy (non-hydrogen) atoms. The Kier molecular flexibility index (Phi) is 8.15. The number of hydrogen-bond acceptors (Lipinski definition) is 0. The van der Waals surface area contributed by atoms with Gasteiger partial charge in [0.2, 0.25) is 0 Å². The molecule has 0 bridgehead atoms. The second kappa shape index (κ2) is 7.92. The van der Waals surface area contributed by atoms with Crippen LogP contribution in [-0.4, -0.2) is 8.30 Å². The molecule has 0 saturated carbocycles. The van der Waals surface area contributed by atoms with Crippen LogP contribution < -0.4 is 0 Å². The average molecular weight is 626 g/mol. The van der Waals surface area contributed by atoms with Gasteiger partial charge in [-0.3, -0.25) is 0 Å². The fraction of sp³-hybridized carbons (Fsp3) is 0.684. The third kappa shape index (κ3) is 8.71. The Bertz CT molecular complexity index is 443. The summed E-state index contributed by atoms with van der Waals surface area (Å²) < 4.78 is 4.74. The van der Waals surface area contributed by atoms with Crippen LogP contribution in [-0.2, 0) is 38.7 Å². The summed E-state index contributed by atoms with van der Waals surface area (Å²) in [5, 5.41) is 0.